The first-order valence-electron chi connectivity index (χ1n) is 7.32. The van der Waals surface area contributed by atoms with Gasteiger partial charge in [-0.1, -0.05) is 38.1 Å². The van der Waals surface area contributed by atoms with Gasteiger partial charge in [-0.05, 0) is 29.5 Å². The number of hydrogen-bond acceptors (Lipinski definition) is 3. The first-order valence-corrected chi connectivity index (χ1v) is 7.32. The zero-order chi connectivity index (χ0) is 17.4. The van der Waals surface area contributed by atoms with Crippen molar-refractivity contribution in [2.75, 3.05) is 0 Å². The molecule has 0 spiro atoms. The summed E-state index contributed by atoms with van der Waals surface area (Å²) in [6, 6.07) is 6.47. The second-order valence-corrected chi connectivity index (χ2v) is 5.49. The number of carboxylic acid groups (broad SMARTS) is 2. The van der Waals surface area contributed by atoms with Gasteiger partial charge in [0.1, 0.15) is 6.04 Å². The predicted octanol–water partition coefficient (Wildman–Crippen LogP) is 2.26. The Balaban J connectivity index is 2.62. The summed E-state index contributed by atoms with van der Waals surface area (Å²) in [5, 5.41) is 19.8. The molecule has 0 bridgehead atoms. The van der Waals surface area contributed by atoms with Gasteiger partial charge in [-0.15, -0.1) is 0 Å². The summed E-state index contributed by atoms with van der Waals surface area (Å²) in [4.78, 5) is 33.2. The second kappa shape index (κ2) is 8.73. The lowest BCUT2D eigenvalue weighted by molar-refractivity contribution is -0.142. The quantitative estimate of drug-likeness (QED) is 0.638. The van der Waals surface area contributed by atoms with Crippen molar-refractivity contribution >= 4 is 23.9 Å². The van der Waals surface area contributed by atoms with Crippen LogP contribution in [-0.2, 0) is 14.4 Å². The van der Waals surface area contributed by atoms with Crippen LogP contribution >= 0.6 is 0 Å². The first kappa shape index (κ1) is 18.4. The van der Waals surface area contributed by atoms with Gasteiger partial charge < -0.3 is 15.5 Å². The number of carboxylic acids is 2. The zero-order valence-corrected chi connectivity index (χ0v) is 13.2. The third-order valence-corrected chi connectivity index (χ3v) is 3.29. The number of carbonyl (C=O) groups is 3. The molecule has 0 fully saturated rings. The molecule has 0 aliphatic heterocycles. The molecule has 0 aromatic heterocycles. The molecular weight excluding hydrogens is 298 g/mol. The van der Waals surface area contributed by atoms with Crippen molar-refractivity contribution < 1.29 is 24.6 Å². The zero-order valence-electron chi connectivity index (χ0n) is 13.2. The molecule has 3 N–H and O–H groups in total. The Bertz CT molecular complexity index is 590. The van der Waals surface area contributed by atoms with E-state index in [0.717, 1.165) is 5.56 Å². The molecule has 1 aromatic rings. The molecule has 23 heavy (non-hydrogen) atoms. The van der Waals surface area contributed by atoms with E-state index >= 15 is 0 Å². The minimum Gasteiger partial charge on any atom is -0.481 e. The maximum atomic E-state index is 11.7. The fourth-order valence-corrected chi connectivity index (χ4v) is 1.91. The first-order chi connectivity index (χ1) is 10.8. The highest BCUT2D eigenvalue weighted by atomic mass is 16.4. The summed E-state index contributed by atoms with van der Waals surface area (Å²) < 4.78 is 0. The number of rotatable bonds is 8. The summed E-state index contributed by atoms with van der Waals surface area (Å²) in [6.45, 7) is 4.17. The van der Waals surface area contributed by atoms with Crippen LogP contribution in [0.1, 0.15) is 43.7 Å². The molecule has 1 unspecified atom stereocenters. The van der Waals surface area contributed by atoms with E-state index in [2.05, 4.69) is 19.2 Å². The molecule has 0 heterocycles. The van der Waals surface area contributed by atoms with Crippen molar-refractivity contribution in [3.8, 4) is 0 Å². The summed E-state index contributed by atoms with van der Waals surface area (Å²) >= 11 is 0. The van der Waals surface area contributed by atoms with Crippen LogP contribution in [0.5, 0.6) is 0 Å². The lowest BCUT2D eigenvalue weighted by Crippen LogP contribution is -2.40. The average Bonchev–Trinajstić information content (AvgIpc) is 2.49. The molecule has 6 heteroatoms. The third kappa shape index (κ3) is 6.78. The summed E-state index contributed by atoms with van der Waals surface area (Å²) in [7, 11) is 0. The predicted molar refractivity (Wildman–Crippen MR) is 86.0 cm³/mol. The molecule has 0 saturated carbocycles. The minimum atomic E-state index is -1.26. The maximum Gasteiger partial charge on any atom is 0.326 e. The topological polar surface area (TPSA) is 104 Å². The Morgan fingerprint density at radius 2 is 1.74 bits per heavy atom. The van der Waals surface area contributed by atoms with Crippen LogP contribution in [0.4, 0.5) is 0 Å². The van der Waals surface area contributed by atoms with Crippen molar-refractivity contribution in [1.29, 1.82) is 0 Å². The molecule has 0 saturated heterocycles. The average molecular weight is 319 g/mol. The number of hydrogen-bond donors (Lipinski definition) is 3. The van der Waals surface area contributed by atoms with Crippen molar-refractivity contribution in [2.24, 2.45) is 0 Å². The maximum absolute atomic E-state index is 11.7. The molecular formula is C17H21NO5. The van der Waals surface area contributed by atoms with E-state index in [1.165, 1.54) is 11.6 Å². The Hall–Kier alpha value is -2.63. The smallest absolute Gasteiger partial charge is 0.326 e. The standard InChI is InChI=1S/C17H21NO5/c1-11(2)13-6-3-12(4-7-13)5-9-15(19)18-14(17(22)23)8-10-16(20)21/h3-7,9,11,14H,8,10H2,1-2H3,(H,18,19)(H,20,21)(H,22,23)/b9-5+. The molecule has 1 amide bonds. The molecule has 6 nitrogen and oxygen atoms in total. The highest BCUT2D eigenvalue weighted by Gasteiger charge is 2.19. The molecule has 1 atom stereocenters. The van der Waals surface area contributed by atoms with E-state index < -0.39 is 23.9 Å². The normalized spacial score (nSPS) is 12.3. The van der Waals surface area contributed by atoms with Gasteiger partial charge in [-0.3, -0.25) is 9.59 Å². The van der Waals surface area contributed by atoms with Crippen LogP contribution in [0.15, 0.2) is 30.3 Å². The van der Waals surface area contributed by atoms with Crippen molar-refractivity contribution in [2.45, 2.75) is 38.6 Å². The summed E-state index contributed by atoms with van der Waals surface area (Å²) in [5.74, 6) is -2.52. The van der Waals surface area contributed by atoms with E-state index in [0.29, 0.717) is 5.92 Å². The number of nitrogens with one attached hydrogen (secondary N) is 1. The molecule has 0 radical (unpaired) electrons. The summed E-state index contributed by atoms with van der Waals surface area (Å²) in [5.41, 5.74) is 2.01. The van der Waals surface area contributed by atoms with Crippen molar-refractivity contribution in [3.63, 3.8) is 0 Å². The monoisotopic (exact) mass is 319 g/mol. The van der Waals surface area contributed by atoms with Crippen molar-refractivity contribution in [3.05, 3.63) is 41.5 Å². The van der Waals surface area contributed by atoms with Gasteiger partial charge in [0, 0.05) is 12.5 Å². The molecule has 124 valence electrons. The van der Waals surface area contributed by atoms with Gasteiger partial charge in [0.25, 0.3) is 0 Å². The fourth-order valence-electron chi connectivity index (χ4n) is 1.91. The second-order valence-electron chi connectivity index (χ2n) is 5.49. The SMILES string of the molecule is CC(C)c1ccc(/C=C/C(=O)NC(CCC(=O)O)C(=O)O)cc1. The van der Waals surface area contributed by atoms with Crippen LogP contribution in [-0.4, -0.2) is 34.1 Å². The Labute approximate surface area is 134 Å². The van der Waals surface area contributed by atoms with Crippen LogP contribution < -0.4 is 5.32 Å². The fraction of sp³-hybridized carbons (Fsp3) is 0.353. The Kier molecular flexibility index (Phi) is 6.99. The molecule has 0 aliphatic carbocycles. The van der Waals surface area contributed by atoms with E-state index in [9.17, 15) is 14.4 Å². The van der Waals surface area contributed by atoms with E-state index in [-0.39, 0.29) is 12.8 Å². The number of aliphatic carboxylic acids is 2. The Morgan fingerprint density at radius 1 is 1.13 bits per heavy atom. The van der Waals surface area contributed by atoms with Crippen molar-refractivity contribution in [1.82, 2.24) is 5.32 Å². The van der Waals surface area contributed by atoms with Gasteiger partial charge in [0.2, 0.25) is 5.91 Å². The highest BCUT2D eigenvalue weighted by molar-refractivity contribution is 5.94. The third-order valence-electron chi connectivity index (χ3n) is 3.29. The van der Waals surface area contributed by atoms with E-state index in [1.807, 2.05) is 24.3 Å². The van der Waals surface area contributed by atoms with Gasteiger partial charge in [0.05, 0.1) is 0 Å². The van der Waals surface area contributed by atoms with E-state index in [1.54, 1.807) is 6.08 Å². The van der Waals surface area contributed by atoms with Crippen LogP contribution in [0.3, 0.4) is 0 Å². The highest BCUT2D eigenvalue weighted by Crippen LogP contribution is 2.15. The lowest BCUT2D eigenvalue weighted by Gasteiger charge is -2.11. The minimum absolute atomic E-state index is 0.159. The molecule has 1 aromatic carbocycles. The number of carbonyl (C=O) groups excluding carboxylic acids is 1. The molecule has 1 rings (SSSR count). The van der Waals surface area contributed by atoms with E-state index in [4.69, 9.17) is 10.2 Å². The lowest BCUT2D eigenvalue weighted by atomic mass is 10.0. The van der Waals surface area contributed by atoms with Crippen LogP contribution in [0.2, 0.25) is 0 Å². The number of benzene rings is 1. The molecule has 0 aliphatic rings. The van der Waals surface area contributed by atoms with Gasteiger partial charge in [-0.2, -0.15) is 0 Å². The van der Waals surface area contributed by atoms with Gasteiger partial charge in [0.15, 0.2) is 0 Å². The summed E-state index contributed by atoms with van der Waals surface area (Å²) in [6.07, 6.45) is 2.33. The van der Waals surface area contributed by atoms with Gasteiger partial charge in [-0.25, -0.2) is 4.79 Å². The van der Waals surface area contributed by atoms with Gasteiger partial charge >= 0.3 is 11.9 Å². The van der Waals surface area contributed by atoms with Crippen LogP contribution in [0.25, 0.3) is 6.08 Å². The van der Waals surface area contributed by atoms with Crippen LogP contribution in [0, 0.1) is 0 Å². The number of amides is 1. The Morgan fingerprint density at radius 3 is 2.22 bits per heavy atom. The largest absolute Gasteiger partial charge is 0.481 e.